The summed E-state index contributed by atoms with van der Waals surface area (Å²) in [4.78, 5) is 113. The van der Waals surface area contributed by atoms with E-state index in [1.165, 1.54) is 18.7 Å². The normalized spacial score (nSPS) is 17.1. The van der Waals surface area contributed by atoms with Gasteiger partial charge in [0.15, 0.2) is 0 Å². The summed E-state index contributed by atoms with van der Waals surface area (Å²) in [6, 6.07) is 19.4. The fourth-order valence-electron chi connectivity index (χ4n) is 9.51. The number of carbonyl (C=O) groups is 8. The molecule has 2 heterocycles. The lowest BCUT2D eigenvalue weighted by Gasteiger charge is -2.32. The van der Waals surface area contributed by atoms with Gasteiger partial charge in [0.05, 0.1) is 0 Å². The summed E-state index contributed by atoms with van der Waals surface area (Å²) in [6.07, 6.45) is 8.39. The molecule has 0 spiro atoms. The molecule has 6 atom stereocenters. The number of nitrogens with zero attached hydrogens (tertiary/aromatic N) is 1. The van der Waals surface area contributed by atoms with Gasteiger partial charge < -0.3 is 47.5 Å². The van der Waals surface area contributed by atoms with Gasteiger partial charge in [-0.05, 0) is 60.8 Å². The molecule has 6 rings (SSSR count). The number of fused-ring (bicyclic) bond motifs is 1. The summed E-state index contributed by atoms with van der Waals surface area (Å²) in [7, 11) is 0. The van der Waals surface area contributed by atoms with Gasteiger partial charge in [0.1, 0.15) is 36.3 Å². The predicted octanol–water partition coefficient (Wildman–Crippen LogP) is 3.00. The number of para-hydroxylation sites is 1. The Morgan fingerprint density at radius 3 is 1.84 bits per heavy atom. The second kappa shape index (κ2) is 25.4. The fraction of sp³-hybridized carbons (Fsp3) is 0.462. The van der Waals surface area contributed by atoms with Gasteiger partial charge in [-0.3, -0.25) is 38.4 Å². The number of benzene rings is 3. The van der Waals surface area contributed by atoms with Crippen molar-refractivity contribution in [1.82, 2.24) is 41.8 Å². The van der Waals surface area contributed by atoms with Crippen LogP contribution in [0.4, 0.5) is 0 Å². The minimum atomic E-state index is -1.19. The molecule has 1 aliphatic heterocycles. The largest absolute Gasteiger partial charge is 0.368 e. The SMILES string of the molecule is CC(=O)NCCC[C@H](NC(=O)[C@H](Cc1ccccc1)NC(C)=O)C(=O)N1CCC[C@H]1C(=O)N[C@@H](CC1CCCCC1)C(=O)N[C@@H](Cc1c[nH]c2ccccc12)C(=O)N[C@@H](Cc1ccccc1)C(N)=O. The van der Waals surface area contributed by atoms with Crippen molar-refractivity contribution in [1.29, 1.82) is 0 Å². The molecule has 1 saturated heterocycles. The molecule has 1 saturated carbocycles. The first-order valence-electron chi connectivity index (χ1n) is 24.2. The molecule has 0 radical (unpaired) electrons. The average molecular weight is 946 g/mol. The highest BCUT2D eigenvalue weighted by molar-refractivity contribution is 5.97. The predicted molar refractivity (Wildman–Crippen MR) is 261 cm³/mol. The van der Waals surface area contributed by atoms with Crippen LogP contribution in [0.5, 0.6) is 0 Å². The van der Waals surface area contributed by atoms with Crippen LogP contribution < -0.4 is 37.6 Å². The molecule has 1 aliphatic carbocycles. The van der Waals surface area contributed by atoms with E-state index in [0.717, 1.165) is 59.7 Å². The van der Waals surface area contributed by atoms with Crippen LogP contribution in [0.3, 0.4) is 0 Å². The van der Waals surface area contributed by atoms with E-state index >= 15 is 0 Å². The van der Waals surface area contributed by atoms with Crippen LogP contribution in [-0.4, -0.2) is 106 Å². The van der Waals surface area contributed by atoms with E-state index in [2.05, 4.69) is 36.9 Å². The van der Waals surface area contributed by atoms with Crippen molar-refractivity contribution >= 4 is 58.2 Å². The number of amides is 8. The number of primary amides is 1. The first-order chi connectivity index (χ1) is 33.2. The lowest BCUT2D eigenvalue weighted by Crippen LogP contribution is -2.60. The Hall–Kier alpha value is -7.04. The molecule has 17 heteroatoms. The highest BCUT2D eigenvalue weighted by Crippen LogP contribution is 2.28. The van der Waals surface area contributed by atoms with Gasteiger partial charge in [0.2, 0.25) is 47.3 Å². The second-order valence-electron chi connectivity index (χ2n) is 18.4. The molecule has 3 aromatic carbocycles. The molecule has 0 unspecified atom stereocenters. The maximum atomic E-state index is 14.7. The summed E-state index contributed by atoms with van der Waals surface area (Å²) in [5.74, 6) is -4.15. The molecule has 17 nitrogen and oxygen atoms in total. The summed E-state index contributed by atoms with van der Waals surface area (Å²) in [6.45, 7) is 3.14. The number of likely N-dealkylation sites (tertiary alicyclic amines) is 1. The Labute approximate surface area is 403 Å². The van der Waals surface area contributed by atoms with E-state index in [0.29, 0.717) is 25.7 Å². The standard InChI is InChI=1S/C52H67N9O8/c1-33(62)54-26-14-24-41(57-48(65)43(56-34(2)63)29-36-18-8-4-9-19-36)52(69)61-27-15-25-46(61)51(68)60-44(30-37-20-10-5-11-21-37)49(66)59-45(31-38-32-55-40-23-13-12-22-39(38)40)50(67)58-42(47(53)64)28-35-16-6-3-7-17-35/h3-4,6-9,12-13,16-19,22-23,32,37,41-46,55H,5,10-11,14-15,20-21,24-31H2,1-2H3,(H2,53,64)(H,54,62)(H,56,63)(H,57,65)(H,58,67)(H,59,66)(H,60,68)/t41-,42-,43-,44-,45-,46-/m0/s1. The summed E-state index contributed by atoms with van der Waals surface area (Å²) < 4.78 is 0. The summed E-state index contributed by atoms with van der Waals surface area (Å²) in [5, 5.41) is 17.8. The highest BCUT2D eigenvalue weighted by atomic mass is 16.2. The molecule has 1 aromatic heterocycles. The van der Waals surface area contributed by atoms with Gasteiger partial charge in [-0.25, -0.2) is 0 Å². The van der Waals surface area contributed by atoms with E-state index in [1.54, 1.807) is 6.20 Å². The molecule has 9 N–H and O–H groups in total. The molecule has 0 bridgehead atoms. The quantitative estimate of drug-likeness (QED) is 0.0512. The van der Waals surface area contributed by atoms with Gasteiger partial charge in [-0.2, -0.15) is 0 Å². The number of rotatable bonds is 23. The zero-order valence-corrected chi connectivity index (χ0v) is 39.6. The van der Waals surface area contributed by atoms with Gasteiger partial charge in [-0.1, -0.05) is 111 Å². The van der Waals surface area contributed by atoms with Crippen molar-refractivity contribution in [2.75, 3.05) is 13.1 Å². The van der Waals surface area contributed by atoms with E-state index < -0.39 is 77.6 Å². The lowest BCUT2D eigenvalue weighted by molar-refractivity contribution is -0.142. The number of hydrogen-bond acceptors (Lipinski definition) is 8. The van der Waals surface area contributed by atoms with Crippen LogP contribution in [0.2, 0.25) is 0 Å². The Morgan fingerprint density at radius 2 is 1.20 bits per heavy atom. The van der Waals surface area contributed by atoms with E-state index in [9.17, 15) is 38.4 Å². The number of nitrogens with one attached hydrogen (secondary N) is 7. The van der Waals surface area contributed by atoms with Crippen molar-refractivity contribution in [2.24, 2.45) is 11.7 Å². The summed E-state index contributed by atoms with van der Waals surface area (Å²) in [5.41, 5.74) is 8.98. The van der Waals surface area contributed by atoms with Crippen LogP contribution in [-0.2, 0) is 57.6 Å². The Balaban J connectivity index is 1.22. The average Bonchev–Trinajstić information content (AvgIpc) is 4.00. The van der Waals surface area contributed by atoms with Crippen molar-refractivity contribution < 1.29 is 38.4 Å². The molecule has 4 aromatic rings. The Morgan fingerprint density at radius 1 is 0.623 bits per heavy atom. The number of carbonyl (C=O) groups excluding carboxylic acids is 8. The van der Waals surface area contributed by atoms with Gasteiger partial charge in [0.25, 0.3) is 0 Å². The van der Waals surface area contributed by atoms with Crippen LogP contribution in [0.25, 0.3) is 10.9 Å². The molecule has 2 aliphatic rings. The Bertz CT molecular complexity index is 2400. The number of aromatic amines is 1. The molecular weight excluding hydrogens is 879 g/mol. The number of hydrogen-bond donors (Lipinski definition) is 8. The molecule has 8 amide bonds. The second-order valence-corrected chi connectivity index (χ2v) is 18.4. The van der Waals surface area contributed by atoms with Crippen molar-refractivity contribution in [3.8, 4) is 0 Å². The van der Waals surface area contributed by atoms with Crippen molar-refractivity contribution in [2.45, 2.75) is 134 Å². The van der Waals surface area contributed by atoms with E-state index in [-0.39, 0.29) is 50.6 Å². The fourth-order valence-corrected chi connectivity index (χ4v) is 9.51. The van der Waals surface area contributed by atoms with Crippen LogP contribution in [0, 0.1) is 5.92 Å². The van der Waals surface area contributed by atoms with E-state index in [1.807, 2.05) is 84.9 Å². The van der Waals surface area contributed by atoms with Gasteiger partial charge in [0, 0.05) is 63.3 Å². The van der Waals surface area contributed by atoms with Gasteiger partial charge >= 0.3 is 0 Å². The highest BCUT2D eigenvalue weighted by Gasteiger charge is 2.40. The third-order valence-electron chi connectivity index (χ3n) is 13.1. The topological polar surface area (TPSA) is 254 Å². The third-order valence-corrected chi connectivity index (χ3v) is 13.1. The van der Waals surface area contributed by atoms with Crippen molar-refractivity contribution in [3.05, 3.63) is 108 Å². The monoisotopic (exact) mass is 946 g/mol. The zero-order valence-electron chi connectivity index (χ0n) is 39.6. The molecule has 69 heavy (non-hydrogen) atoms. The zero-order chi connectivity index (χ0) is 49.3. The minimum absolute atomic E-state index is 0.0522. The lowest BCUT2D eigenvalue weighted by atomic mass is 9.84. The minimum Gasteiger partial charge on any atom is -0.368 e. The van der Waals surface area contributed by atoms with Crippen molar-refractivity contribution in [3.63, 3.8) is 0 Å². The number of nitrogens with two attached hydrogens (primary N) is 1. The Kier molecular flexibility index (Phi) is 18.9. The maximum absolute atomic E-state index is 14.7. The number of H-pyrrole nitrogens is 1. The van der Waals surface area contributed by atoms with Crippen LogP contribution >= 0.6 is 0 Å². The first kappa shape index (κ1) is 51.4. The number of aromatic nitrogens is 1. The first-order valence-corrected chi connectivity index (χ1v) is 24.2. The third kappa shape index (κ3) is 15.2. The summed E-state index contributed by atoms with van der Waals surface area (Å²) >= 11 is 0. The smallest absolute Gasteiger partial charge is 0.245 e. The molecular formula is C52H67N9O8. The van der Waals surface area contributed by atoms with E-state index in [4.69, 9.17) is 5.73 Å². The van der Waals surface area contributed by atoms with Crippen LogP contribution in [0.1, 0.15) is 94.7 Å². The van der Waals surface area contributed by atoms with Crippen LogP contribution in [0.15, 0.2) is 91.1 Å². The molecule has 368 valence electrons. The molecule has 2 fully saturated rings. The maximum Gasteiger partial charge on any atom is 0.245 e. The van der Waals surface area contributed by atoms with Gasteiger partial charge in [-0.15, -0.1) is 0 Å².